The van der Waals surface area contributed by atoms with Crippen LogP contribution < -0.4 is 4.74 Å². The van der Waals surface area contributed by atoms with Crippen LogP contribution in [0.3, 0.4) is 0 Å². The number of hydrogen-bond acceptors (Lipinski definition) is 8. The summed E-state index contributed by atoms with van der Waals surface area (Å²) in [6, 6.07) is 10.4. The first-order chi connectivity index (χ1) is 15.0. The van der Waals surface area contributed by atoms with Gasteiger partial charge in [-0.2, -0.15) is 0 Å². The van der Waals surface area contributed by atoms with E-state index in [1.165, 1.54) is 18.2 Å². The van der Waals surface area contributed by atoms with E-state index in [0.717, 1.165) is 11.3 Å². The van der Waals surface area contributed by atoms with Gasteiger partial charge in [0.1, 0.15) is 0 Å². The molecule has 31 heavy (non-hydrogen) atoms. The Morgan fingerprint density at radius 1 is 1.10 bits per heavy atom. The molecule has 160 valence electrons. The van der Waals surface area contributed by atoms with Crippen LogP contribution in [0.1, 0.15) is 45.4 Å². The number of carbonyl (C=O) groups excluding carboxylic acids is 3. The Balaban J connectivity index is 1.42. The van der Waals surface area contributed by atoms with Crippen LogP contribution in [0.5, 0.6) is 5.75 Å². The molecule has 0 radical (unpaired) electrons. The second kappa shape index (κ2) is 8.62. The average molecular weight is 426 g/mol. The number of benzene rings is 2. The van der Waals surface area contributed by atoms with E-state index < -0.39 is 34.7 Å². The molecule has 2 aliphatic heterocycles. The van der Waals surface area contributed by atoms with E-state index in [0.29, 0.717) is 18.8 Å². The van der Waals surface area contributed by atoms with Gasteiger partial charge in [0.2, 0.25) is 5.75 Å². The molecule has 0 spiro atoms. The molecule has 10 heteroatoms. The lowest BCUT2D eigenvalue weighted by Crippen LogP contribution is -2.32. The fourth-order valence-corrected chi connectivity index (χ4v) is 3.41. The third-order valence-electron chi connectivity index (χ3n) is 4.92. The van der Waals surface area contributed by atoms with E-state index in [2.05, 4.69) is 0 Å². The number of nitrogens with zero attached hydrogens (tertiary/aromatic N) is 2. The summed E-state index contributed by atoms with van der Waals surface area (Å²) in [5, 5.41) is 11.5. The molecule has 2 aromatic carbocycles. The van der Waals surface area contributed by atoms with Gasteiger partial charge in [-0.3, -0.25) is 29.4 Å². The predicted octanol–water partition coefficient (Wildman–Crippen LogP) is 2.62. The van der Waals surface area contributed by atoms with E-state index in [9.17, 15) is 24.5 Å². The van der Waals surface area contributed by atoms with Gasteiger partial charge in [0.05, 0.1) is 35.7 Å². The molecule has 2 heterocycles. The van der Waals surface area contributed by atoms with E-state index in [4.69, 9.17) is 14.2 Å². The number of esters is 1. The molecule has 4 rings (SSSR count). The maximum absolute atomic E-state index is 12.3. The molecule has 0 atom stereocenters. The Bertz CT molecular complexity index is 1030. The number of rotatable bonds is 6. The first-order valence-electron chi connectivity index (χ1n) is 9.63. The lowest BCUT2D eigenvalue weighted by Gasteiger charge is -2.23. The summed E-state index contributed by atoms with van der Waals surface area (Å²) >= 11 is 0. The Morgan fingerprint density at radius 2 is 1.74 bits per heavy atom. The molecular weight excluding hydrogens is 408 g/mol. The van der Waals surface area contributed by atoms with Gasteiger partial charge in [-0.05, 0) is 30.7 Å². The standard InChI is InChI=1S/C21H18N2O8/c24-18(8-9-22-19(25)14-4-1-2-5-15(14)20(22)26)31-17-7-6-13(12-16(17)23(27)28)21-29-10-3-11-30-21/h1-2,4-7,12,21H,3,8-11H2. The van der Waals surface area contributed by atoms with Crippen LogP contribution in [-0.2, 0) is 14.3 Å². The zero-order chi connectivity index (χ0) is 22.0. The fraction of sp³-hybridized carbons (Fsp3) is 0.286. The maximum Gasteiger partial charge on any atom is 0.313 e. The maximum atomic E-state index is 12.3. The quantitative estimate of drug-likeness (QED) is 0.227. The smallest absolute Gasteiger partial charge is 0.313 e. The van der Waals surface area contributed by atoms with E-state index in [-0.39, 0.29) is 29.8 Å². The van der Waals surface area contributed by atoms with Crippen LogP contribution in [0, 0.1) is 10.1 Å². The third kappa shape index (κ3) is 4.16. The van der Waals surface area contributed by atoms with Crippen molar-refractivity contribution in [3.05, 3.63) is 69.3 Å². The van der Waals surface area contributed by atoms with Crippen molar-refractivity contribution in [2.24, 2.45) is 0 Å². The molecule has 10 nitrogen and oxygen atoms in total. The number of fused-ring (bicyclic) bond motifs is 1. The molecule has 1 saturated heterocycles. The molecule has 0 N–H and O–H groups in total. The summed E-state index contributed by atoms with van der Waals surface area (Å²) in [6.07, 6.45) is -0.285. The molecule has 2 aromatic rings. The number of ether oxygens (including phenoxy) is 3. The first-order valence-corrected chi connectivity index (χ1v) is 9.63. The van der Waals surface area contributed by atoms with Gasteiger partial charge >= 0.3 is 11.7 Å². The molecule has 0 aliphatic carbocycles. The van der Waals surface area contributed by atoms with Crippen LogP contribution in [0.2, 0.25) is 0 Å². The minimum absolute atomic E-state index is 0.194. The topological polar surface area (TPSA) is 125 Å². The minimum Gasteiger partial charge on any atom is -0.419 e. The highest BCUT2D eigenvalue weighted by Crippen LogP contribution is 2.33. The van der Waals surface area contributed by atoms with Crippen molar-refractivity contribution in [2.75, 3.05) is 19.8 Å². The number of nitro benzene ring substituents is 1. The number of imide groups is 1. The summed E-state index contributed by atoms with van der Waals surface area (Å²) in [5.74, 6) is -2.03. The lowest BCUT2D eigenvalue weighted by molar-refractivity contribution is -0.385. The zero-order valence-corrected chi connectivity index (χ0v) is 16.3. The third-order valence-corrected chi connectivity index (χ3v) is 4.92. The molecule has 0 saturated carbocycles. The van der Waals surface area contributed by atoms with Gasteiger partial charge in [0.25, 0.3) is 11.8 Å². The number of hydrogen-bond donors (Lipinski definition) is 0. The van der Waals surface area contributed by atoms with Crippen LogP contribution in [0.15, 0.2) is 42.5 Å². The van der Waals surface area contributed by atoms with Gasteiger partial charge in [-0.15, -0.1) is 0 Å². The van der Waals surface area contributed by atoms with Gasteiger partial charge in [-0.25, -0.2) is 0 Å². The second-order valence-corrected chi connectivity index (χ2v) is 6.94. The van der Waals surface area contributed by atoms with E-state index in [1.807, 2.05) is 0 Å². The Hall–Kier alpha value is -3.63. The lowest BCUT2D eigenvalue weighted by atomic mass is 10.1. The summed E-state index contributed by atoms with van der Waals surface area (Å²) in [5.41, 5.74) is 0.583. The van der Waals surface area contributed by atoms with Crippen LogP contribution in [0.25, 0.3) is 0 Å². The highest BCUT2D eigenvalue weighted by molar-refractivity contribution is 6.21. The van der Waals surface area contributed by atoms with Crippen LogP contribution >= 0.6 is 0 Å². The van der Waals surface area contributed by atoms with Crippen molar-refractivity contribution >= 4 is 23.5 Å². The van der Waals surface area contributed by atoms with E-state index in [1.54, 1.807) is 24.3 Å². The zero-order valence-electron chi connectivity index (χ0n) is 16.3. The van der Waals surface area contributed by atoms with Crippen molar-refractivity contribution in [2.45, 2.75) is 19.1 Å². The molecular formula is C21H18N2O8. The largest absolute Gasteiger partial charge is 0.419 e. The summed E-state index contributed by atoms with van der Waals surface area (Å²) in [7, 11) is 0. The van der Waals surface area contributed by atoms with Crippen molar-refractivity contribution < 1.29 is 33.5 Å². The molecule has 0 bridgehead atoms. The van der Waals surface area contributed by atoms with Crippen molar-refractivity contribution in [1.29, 1.82) is 0 Å². The first kappa shape index (κ1) is 20.6. The van der Waals surface area contributed by atoms with Crippen LogP contribution in [0.4, 0.5) is 5.69 Å². The molecule has 2 amide bonds. The summed E-state index contributed by atoms with van der Waals surface area (Å²) in [6.45, 7) is 0.765. The SMILES string of the molecule is O=C(CCN1C(=O)c2ccccc2C1=O)Oc1ccc(C2OCCCO2)cc1[N+](=O)[O-]. The number of carbonyl (C=O) groups is 3. The van der Waals surface area contributed by atoms with Gasteiger partial charge in [0.15, 0.2) is 6.29 Å². The number of nitro groups is 1. The van der Waals surface area contributed by atoms with E-state index >= 15 is 0 Å². The number of amides is 2. The molecule has 2 aliphatic rings. The minimum atomic E-state index is -0.808. The molecule has 0 aromatic heterocycles. The van der Waals surface area contributed by atoms with Crippen molar-refractivity contribution in [3.8, 4) is 5.75 Å². The Morgan fingerprint density at radius 3 is 2.35 bits per heavy atom. The highest BCUT2D eigenvalue weighted by atomic mass is 16.7. The monoisotopic (exact) mass is 426 g/mol. The Kier molecular flexibility index (Phi) is 5.74. The van der Waals surface area contributed by atoms with Gasteiger partial charge in [-0.1, -0.05) is 12.1 Å². The second-order valence-electron chi connectivity index (χ2n) is 6.94. The van der Waals surface area contributed by atoms with Crippen LogP contribution in [-0.4, -0.2) is 47.4 Å². The average Bonchev–Trinajstić information content (AvgIpc) is 3.03. The molecule has 1 fully saturated rings. The van der Waals surface area contributed by atoms with Crippen molar-refractivity contribution in [1.82, 2.24) is 4.90 Å². The summed E-state index contributed by atoms with van der Waals surface area (Å²) in [4.78, 5) is 48.7. The Labute approximate surface area is 176 Å². The van der Waals surface area contributed by atoms with Gasteiger partial charge < -0.3 is 14.2 Å². The highest BCUT2D eigenvalue weighted by Gasteiger charge is 2.35. The van der Waals surface area contributed by atoms with Gasteiger partial charge in [0, 0.05) is 18.2 Å². The predicted molar refractivity (Wildman–Crippen MR) is 104 cm³/mol. The summed E-state index contributed by atoms with van der Waals surface area (Å²) < 4.78 is 16.0. The normalized spacial score (nSPS) is 16.3. The fourth-order valence-electron chi connectivity index (χ4n) is 3.41. The van der Waals surface area contributed by atoms with Crippen molar-refractivity contribution in [3.63, 3.8) is 0 Å². The molecule has 0 unspecified atom stereocenters.